The molecule has 0 bridgehead atoms. The van der Waals surface area contributed by atoms with Crippen LogP contribution in [0.5, 0.6) is 0 Å². The number of aliphatic hydroxyl groups is 1. The highest BCUT2D eigenvalue weighted by Crippen LogP contribution is 2.36. The summed E-state index contributed by atoms with van der Waals surface area (Å²) in [6.07, 6.45) is -1.04. The molecule has 0 aromatic heterocycles. The molecule has 1 N–H and O–H groups in total. The zero-order valence-electron chi connectivity index (χ0n) is 15.0. The van der Waals surface area contributed by atoms with Crippen LogP contribution in [0.4, 0.5) is 4.79 Å². The molecule has 1 aromatic carbocycles. The quantitative estimate of drug-likeness (QED) is 0.912. The van der Waals surface area contributed by atoms with Gasteiger partial charge in [-0.1, -0.05) is 45.0 Å². The summed E-state index contributed by atoms with van der Waals surface area (Å²) in [5, 5.41) is 10.7. The van der Waals surface area contributed by atoms with Gasteiger partial charge >= 0.3 is 6.09 Å². The zero-order valence-corrected chi connectivity index (χ0v) is 15.0. The van der Waals surface area contributed by atoms with E-state index in [9.17, 15) is 9.90 Å². The van der Waals surface area contributed by atoms with E-state index in [4.69, 9.17) is 4.74 Å². The summed E-state index contributed by atoms with van der Waals surface area (Å²) >= 11 is 0. The average Bonchev–Trinajstić information content (AvgIpc) is 2.42. The molecule has 128 valence electrons. The third-order valence-electron chi connectivity index (χ3n) is 4.32. The molecule has 1 fully saturated rings. The minimum atomic E-state index is -0.688. The lowest BCUT2D eigenvalue weighted by Gasteiger charge is -2.48. The number of rotatable bonds is 3. The topological polar surface area (TPSA) is 49.8 Å². The molecule has 4 nitrogen and oxygen atoms in total. The van der Waals surface area contributed by atoms with E-state index in [2.05, 4.69) is 20.8 Å². The number of likely N-dealkylation sites (tertiary alicyclic amines) is 1. The van der Waals surface area contributed by atoms with Crippen molar-refractivity contribution in [2.75, 3.05) is 6.54 Å². The Kier molecular flexibility index (Phi) is 5.04. The Hall–Kier alpha value is -1.55. The second kappa shape index (κ2) is 6.52. The minimum absolute atomic E-state index is 0.227. The molecule has 0 aliphatic carbocycles. The Bertz CT molecular complexity index is 545. The number of hydrogen-bond donors (Lipinski definition) is 1. The summed E-state index contributed by atoms with van der Waals surface area (Å²) in [7, 11) is 0. The van der Waals surface area contributed by atoms with Crippen LogP contribution in [-0.2, 0) is 4.74 Å². The number of nitrogens with zero attached hydrogens (tertiary/aromatic N) is 1. The van der Waals surface area contributed by atoms with Crippen molar-refractivity contribution in [3.8, 4) is 0 Å². The highest BCUT2D eigenvalue weighted by atomic mass is 16.6. The predicted octanol–water partition coefficient (Wildman–Crippen LogP) is 4.10. The first-order chi connectivity index (χ1) is 10.6. The Morgan fingerprint density at radius 1 is 1.22 bits per heavy atom. The van der Waals surface area contributed by atoms with Gasteiger partial charge in [-0.05, 0) is 43.7 Å². The third kappa shape index (κ3) is 4.05. The van der Waals surface area contributed by atoms with E-state index in [-0.39, 0.29) is 18.1 Å². The van der Waals surface area contributed by atoms with E-state index in [1.165, 1.54) is 5.56 Å². The number of carbonyl (C=O) groups is 1. The fourth-order valence-corrected chi connectivity index (χ4v) is 2.98. The van der Waals surface area contributed by atoms with Crippen molar-refractivity contribution in [1.29, 1.82) is 0 Å². The van der Waals surface area contributed by atoms with Crippen molar-refractivity contribution in [3.63, 3.8) is 0 Å². The van der Waals surface area contributed by atoms with Crippen molar-refractivity contribution >= 4 is 6.09 Å². The molecule has 0 spiro atoms. The van der Waals surface area contributed by atoms with Crippen LogP contribution in [0.15, 0.2) is 24.3 Å². The van der Waals surface area contributed by atoms with Crippen LogP contribution in [0.25, 0.3) is 0 Å². The Balaban J connectivity index is 2.10. The summed E-state index contributed by atoms with van der Waals surface area (Å²) in [6.45, 7) is 12.5. The SMILES string of the molecule is CC(C)c1ccc(C(O)C2C(C)CN2C(=O)OC(C)(C)C)cc1. The molecule has 4 heteroatoms. The minimum Gasteiger partial charge on any atom is -0.444 e. The van der Waals surface area contributed by atoms with Crippen molar-refractivity contribution in [2.45, 2.75) is 65.2 Å². The highest BCUT2D eigenvalue weighted by molar-refractivity contribution is 5.70. The maximum atomic E-state index is 12.3. The second-order valence-electron chi connectivity index (χ2n) is 7.87. The van der Waals surface area contributed by atoms with E-state index in [1.54, 1.807) is 4.90 Å². The van der Waals surface area contributed by atoms with Gasteiger partial charge in [0.25, 0.3) is 0 Å². The van der Waals surface area contributed by atoms with Gasteiger partial charge in [0.05, 0.1) is 12.1 Å². The molecule has 1 aromatic rings. The lowest BCUT2D eigenvalue weighted by Crippen LogP contribution is -2.60. The molecule has 1 heterocycles. The van der Waals surface area contributed by atoms with Gasteiger partial charge in [-0.25, -0.2) is 4.79 Å². The number of amides is 1. The summed E-state index contributed by atoms with van der Waals surface area (Å²) in [4.78, 5) is 13.9. The molecule has 23 heavy (non-hydrogen) atoms. The summed E-state index contributed by atoms with van der Waals surface area (Å²) in [6, 6.07) is 7.78. The van der Waals surface area contributed by atoms with Crippen molar-refractivity contribution in [1.82, 2.24) is 4.90 Å². The van der Waals surface area contributed by atoms with Crippen molar-refractivity contribution < 1.29 is 14.6 Å². The van der Waals surface area contributed by atoms with Crippen LogP contribution in [0.2, 0.25) is 0 Å². The highest BCUT2D eigenvalue weighted by Gasteiger charge is 2.45. The molecule has 1 aliphatic heterocycles. The standard InChI is InChI=1S/C19H29NO3/c1-12(2)14-7-9-15(10-8-14)17(21)16-13(3)11-20(16)18(22)23-19(4,5)6/h7-10,12-13,16-17,21H,11H2,1-6H3. The molecule has 1 aliphatic rings. The van der Waals surface area contributed by atoms with E-state index in [0.717, 1.165) is 5.56 Å². The molecule has 0 saturated carbocycles. The molecule has 2 rings (SSSR count). The first kappa shape index (κ1) is 17.8. The molecular weight excluding hydrogens is 290 g/mol. The number of carbonyl (C=O) groups excluding carboxylic acids is 1. The van der Waals surface area contributed by atoms with E-state index >= 15 is 0 Å². The number of ether oxygens (including phenoxy) is 1. The lowest BCUT2D eigenvalue weighted by atomic mass is 9.83. The molecule has 0 radical (unpaired) electrons. The van der Waals surface area contributed by atoms with Gasteiger partial charge < -0.3 is 14.7 Å². The van der Waals surface area contributed by atoms with Gasteiger partial charge in [0, 0.05) is 6.54 Å². The third-order valence-corrected chi connectivity index (χ3v) is 4.32. The first-order valence-corrected chi connectivity index (χ1v) is 8.37. The molecule has 3 unspecified atom stereocenters. The Morgan fingerprint density at radius 2 is 1.74 bits per heavy atom. The Labute approximate surface area is 139 Å². The maximum Gasteiger partial charge on any atom is 0.410 e. The molecule has 3 atom stereocenters. The summed E-state index contributed by atoms with van der Waals surface area (Å²) in [5.41, 5.74) is 1.57. The van der Waals surface area contributed by atoms with Crippen LogP contribution in [0.3, 0.4) is 0 Å². The smallest absolute Gasteiger partial charge is 0.410 e. The van der Waals surface area contributed by atoms with Crippen LogP contribution in [0, 0.1) is 5.92 Å². The Morgan fingerprint density at radius 3 is 2.17 bits per heavy atom. The van der Waals surface area contributed by atoms with Crippen LogP contribution < -0.4 is 0 Å². The fraction of sp³-hybridized carbons (Fsp3) is 0.632. The van der Waals surface area contributed by atoms with E-state index in [0.29, 0.717) is 12.5 Å². The van der Waals surface area contributed by atoms with Gasteiger partial charge in [-0.3, -0.25) is 0 Å². The molecular formula is C19H29NO3. The summed E-state index contributed by atoms with van der Waals surface area (Å²) < 4.78 is 5.43. The number of benzene rings is 1. The van der Waals surface area contributed by atoms with Gasteiger partial charge in [0.15, 0.2) is 0 Å². The summed E-state index contributed by atoms with van der Waals surface area (Å²) in [5.74, 6) is 0.712. The second-order valence-corrected chi connectivity index (χ2v) is 7.87. The monoisotopic (exact) mass is 319 g/mol. The average molecular weight is 319 g/mol. The number of hydrogen-bond acceptors (Lipinski definition) is 3. The normalized spacial score (nSPS) is 22.7. The largest absolute Gasteiger partial charge is 0.444 e. The maximum absolute atomic E-state index is 12.3. The fourth-order valence-electron chi connectivity index (χ4n) is 2.98. The van der Waals surface area contributed by atoms with Crippen LogP contribution >= 0.6 is 0 Å². The van der Waals surface area contributed by atoms with Gasteiger partial charge in [0.2, 0.25) is 0 Å². The van der Waals surface area contributed by atoms with E-state index < -0.39 is 11.7 Å². The van der Waals surface area contributed by atoms with Gasteiger partial charge in [-0.15, -0.1) is 0 Å². The lowest BCUT2D eigenvalue weighted by molar-refractivity contribution is -0.0696. The number of aliphatic hydroxyl groups excluding tert-OH is 1. The predicted molar refractivity (Wildman–Crippen MR) is 91.4 cm³/mol. The van der Waals surface area contributed by atoms with Gasteiger partial charge in [-0.2, -0.15) is 0 Å². The molecule has 1 saturated heterocycles. The van der Waals surface area contributed by atoms with Crippen LogP contribution in [0.1, 0.15) is 64.7 Å². The van der Waals surface area contributed by atoms with Crippen molar-refractivity contribution in [3.05, 3.63) is 35.4 Å². The van der Waals surface area contributed by atoms with E-state index in [1.807, 2.05) is 45.0 Å². The van der Waals surface area contributed by atoms with Crippen LogP contribution in [-0.4, -0.2) is 34.3 Å². The molecule has 1 amide bonds. The van der Waals surface area contributed by atoms with Gasteiger partial charge in [0.1, 0.15) is 5.60 Å². The zero-order chi connectivity index (χ0) is 17.4. The van der Waals surface area contributed by atoms with Crippen molar-refractivity contribution in [2.24, 2.45) is 5.92 Å². The first-order valence-electron chi connectivity index (χ1n) is 8.37.